The Morgan fingerprint density at radius 1 is 0.700 bits per heavy atom. The number of carbonyl (C=O) groups is 2. The molecule has 11 nitrogen and oxygen atoms in total. The van der Waals surface area contributed by atoms with Crippen molar-refractivity contribution < 1.29 is 51.6 Å². The first kappa shape index (κ1) is 55.2. The first-order chi connectivity index (χ1) is 28.7. The number of quaternary nitrogens is 1. The van der Waals surface area contributed by atoms with E-state index in [9.17, 15) is 24.2 Å². The highest BCUT2D eigenvalue weighted by molar-refractivity contribution is 7.47. The van der Waals surface area contributed by atoms with Crippen molar-refractivity contribution >= 4 is 19.8 Å². The molecule has 0 fully saturated rings. The van der Waals surface area contributed by atoms with E-state index < -0.39 is 32.5 Å². The summed E-state index contributed by atoms with van der Waals surface area (Å²) in [4.78, 5) is 35.5. The van der Waals surface area contributed by atoms with Gasteiger partial charge >= 0.3 is 19.8 Å². The Morgan fingerprint density at radius 3 is 1.87 bits per heavy atom. The molecule has 12 heteroatoms. The van der Waals surface area contributed by atoms with E-state index in [1.807, 2.05) is 45.4 Å². The van der Waals surface area contributed by atoms with E-state index in [0.29, 0.717) is 30.3 Å². The first-order valence-electron chi connectivity index (χ1n) is 22.8. The lowest BCUT2D eigenvalue weighted by Crippen LogP contribution is -2.37. The zero-order valence-corrected chi connectivity index (χ0v) is 39.4. The van der Waals surface area contributed by atoms with Crippen molar-refractivity contribution in [3.05, 3.63) is 71.3 Å². The van der Waals surface area contributed by atoms with Crippen LogP contribution in [0.2, 0.25) is 0 Å². The van der Waals surface area contributed by atoms with Gasteiger partial charge in [-0.05, 0) is 82.8 Å². The second kappa shape index (κ2) is 33.8. The lowest BCUT2D eigenvalue weighted by molar-refractivity contribution is -0.870. The summed E-state index contributed by atoms with van der Waals surface area (Å²) in [6.45, 7) is 8.42. The molecule has 1 aromatic heterocycles. The number of hydrogen-bond donors (Lipinski definition) is 2. The van der Waals surface area contributed by atoms with Gasteiger partial charge in [0.25, 0.3) is 0 Å². The quantitative estimate of drug-likeness (QED) is 0.0218. The van der Waals surface area contributed by atoms with Gasteiger partial charge in [-0.2, -0.15) is 0 Å². The molecular formula is C48H83NO10P+. The fourth-order valence-corrected chi connectivity index (χ4v) is 6.94. The molecule has 0 aromatic carbocycles. The van der Waals surface area contributed by atoms with E-state index in [-0.39, 0.29) is 32.2 Å². The third kappa shape index (κ3) is 30.3. The molecule has 1 rings (SSSR count). The van der Waals surface area contributed by atoms with Crippen LogP contribution in [0.15, 0.2) is 53.0 Å². The van der Waals surface area contributed by atoms with Crippen molar-refractivity contribution in [2.45, 2.75) is 175 Å². The minimum Gasteiger partial charge on any atom is -0.466 e. The van der Waals surface area contributed by atoms with Crippen LogP contribution in [-0.2, 0) is 45.5 Å². The highest BCUT2D eigenvalue weighted by Gasteiger charge is 2.27. The van der Waals surface area contributed by atoms with Gasteiger partial charge in [-0.3, -0.25) is 18.6 Å². The van der Waals surface area contributed by atoms with Crippen LogP contribution in [-0.4, -0.2) is 86.1 Å². The van der Waals surface area contributed by atoms with E-state index in [0.717, 1.165) is 95.0 Å². The number of hydrogen-bond acceptors (Lipinski definition) is 9. The smallest absolute Gasteiger partial charge is 0.466 e. The third-order valence-corrected chi connectivity index (χ3v) is 11.1. The number of rotatable bonds is 37. The second-order valence-electron chi connectivity index (χ2n) is 16.8. The molecular weight excluding hydrogens is 781 g/mol. The molecule has 2 N–H and O–H groups in total. The van der Waals surface area contributed by atoms with Crippen LogP contribution in [0.25, 0.3) is 0 Å². The van der Waals surface area contributed by atoms with E-state index in [1.54, 1.807) is 0 Å². The summed E-state index contributed by atoms with van der Waals surface area (Å²) in [5.74, 6) is 1.35. The minimum absolute atomic E-state index is 0.00399. The molecule has 0 saturated heterocycles. The molecule has 0 aliphatic heterocycles. The van der Waals surface area contributed by atoms with Gasteiger partial charge in [-0.15, -0.1) is 0 Å². The van der Waals surface area contributed by atoms with Gasteiger partial charge in [0.2, 0.25) is 0 Å². The Labute approximate surface area is 363 Å². The number of allylic oxidation sites excluding steroid dienone is 7. The average Bonchev–Trinajstić information content (AvgIpc) is 3.46. The fraction of sp³-hybridized carbons (Fsp3) is 0.708. The van der Waals surface area contributed by atoms with Crippen molar-refractivity contribution in [3.8, 4) is 0 Å². The summed E-state index contributed by atoms with van der Waals surface area (Å²) in [6.07, 6.45) is 33.4. The number of unbranched alkanes of at least 4 members (excludes halogenated alkanes) is 9. The van der Waals surface area contributed by atoms with E-state index >= 15 is 0 Å². The summed E-state index contributed by atoms with van der Waals surface area (Å²) < 4.78 is 40.5. The van der Waals surface area contributed by atoms with Crippen molar-refractivity contribution in [2.24, 2.45) is 0 Å². The number of aliphatic hydroxyl groups is 1. The van der Waals surface area contributed by atoms with Gasteiger partial charge in [0.05, 0.1) is 33.9 Å². The third-order valence-electron chi connectivity index (χ3n) is 10.1. The molecule has 1 unspecified atom stereocenters. The average molecular weight is 865 g/mol. The van der Waals surface area contributed by atoms with Crippen molar-refractivity contribution in [1.29, 1.82) is 0 Å². The van der Waals surface area contributed by atoms with Gasteiger partial charge in [-0.25, -0.2) is 4.57 Å². The normalized spacial score (nSPS) is 14.5. The summed E-state index contributed by atoms with van der Waals surface area (Å²) in [6, 6.07) is 0. The van der Waals surface area contributed by atoms with Crippen LogP contribution in [0.5, 0.6) is 0 Å². The maximum absolute atomic E-state index is 12.7. The zero-order valence-electron chi connectivity index (χ0n) is 38.5. The molecule has 1 aromatic rings. The molecule has 0 spiro atoms. The Kier molecular flexibility index (Phi) is 31.1. The van der Waals surface area contributed by atoms with Crippen LogP contribution in [0.1, 0.15) is 158 Å². The second-order valence-corrected chi connectivity index (χ2v) is 18.3. The predicted molar refractivity (Wildman–Crippen MR) is 243 cm³/mol. The molecule has 0 aliphatic rings. The summed E-state index contributed by atoms with van der Waals surface area (Å²) >= 11 is 0. The molecule has 0 radical (unpaired) electrons. The molecule has 0 amide bonds. The number of furan rings is 1. The number of likely N-dealkylation sites (N-methyl/N-ethyl adjacent to an activating group) is 1. The van der Waals surface area contributed by atoms with Crippen molar-refractivity contribution in [2.75, 3.05) is 47.5 Å². The topological polar surface area (TPSA) is 142 Å². The summed E-state index contributed by atoms with van der Waals surface area (Å²) in [5.41, 5.74) is 2.60. The van der Waals surface area contributed by atoms with Gasteiger partial charge in [0.15, 0.2) is 6.10 Å². The number of carbonyl (C=O) groups excluding carboxylic acids is 2. The standard InChI is InChI=1S/C48H82NO10P/c1-8-10-26-33-45-41(3)42(4)46(59-45)34-28-23-20-21-24-29-35-47(51)55-39-44(40-57-60(53,54)56-38-37-49(5,6)7)58-48(52)36-30-25-19-17-15-13-12-14-16-18-22-27-32-43(50)31-11-9-2/h12-13,16-19,27,32,43-44,50H,8-11,14-15,20-26,28-31,33-40H2,1-7H3/p+1/b13-12-,18-16-,19-17-,32-27-/t43-,44-/m1/s1. The zero-order chi connectivity index (χ0) is 44.5. The van der Waals surface area contributed by atoms with Crippen LogP contribution >= 0.6 is 7.82 Å². The fourth-order valence-electron chi connectivity index (χ4n) is 6.20. The lowest BCUT2D eigenvalue weighted by Gasteiger charge is -2.24. The summed E-state index contributed by atoms with van der Waals surface area (Å²) in [5, 5.41) is 9.84. The number of nitrogens with zero attached hydrogens (tertiary/aromatic N) is 1. The van der Waals surface area contributed by atoms with Crippen LogP contribution in [0.3, 0.4) is 0 Å². The molecule has 0 bridgehead atoms. The Morgan fingerprint density at radius 2 is 1.25 bits per heavy atom. The molecule has 344 valence electrons. The monoisotopic (exact) mass is 865 g/mol. The van der Waals surface area contributed by atoms with E-state index in [1.165, 1.54) is 30.4 Å². The Bertz CT molecular complexity index is 1460. The van der Waals surface area contributed by atoms with Gasteiger partial charge < -0.3 is 28.4 Å². The molecule has 3 atom stereocenters. The highest BCUT2D eigenvalue weighted by atomic mass is 31.2. The largest absolute Gasteiger partial charge is 0.472 e. The number of aryl methyl sites for hydroxylation is 2. The first-order valence-corrected chi connectivity index (χ1v) is 24.3. The number of esters is 2. The van der Waals surface area contributed by atoms with Crippen LogP contribution in [0, 0.1) is 13.8 Å². The molecule has 1 heterocycles. The van der Waals surface area contributed by atoms with Gasteiger partial charge in [-0.1, -0.05) is 114 Å². The number of ether oxygens (including phenoxy) is 2. The molecule has 60 heavy (non-hydrogen) atoms. The van der Waals surface area contributed by atoms with E-state index in [4.69, 9.17) is 22.9 Å². The SMILES string of the molecule is CCCCCc1oc(CCCCCCCCC(=O)OC[C@H](COP(=O)(O)OCC[N+](C)(C)C)OC(=O)CCC/C=C\C/C=C\C/C=C\C/C=C\[C@H](O)CCCC)c(C)c1C. The Balaban J connectivity index is 2.43. The predicted octanol–water partition coefficient (Wildman–Crippen LogP) is 11.3. The van der Waals surface area contributed by atoms with Gasteiger partial charge in [0.1, 0.15) is 31.3 Å². The van der Waals surface area contributed by atoms with Crippen molar-refractivity contribution in [1.82, 2.24) is 0 Å². The minimum atomic E-state index is -4.42. The Hall–Kier alpha value is -2.79. The lowest BCUT2D eigenvalue weighted by atomic mass is 10.0. The van der Waals surface area contributed by atoms with Crippen molar-refractivity contribution in [3.63, 3.8) is 0 Å². The maximum Gasteiger partial charge on any atom is 0.472 e. The highest BCUT2D eigenvalue weighted by Crippen LogP contribution is 2.43. The summed E-state index contributed by atoms with van der Waals surface area (Å²) in [7, 11) is 1.38. The number of phosphoric ester groups is 1. The van der Waals surface area contributed by atoms with Gasteiger partial charge in [0, 0.05) is 25.7 Å². The number of aliphatic hydroxyl groups excluding tert-OH is 1. The molecule has 0 aliphatic carbocycles. The van der Waals surface area contributed by atoms with Crippen LogP contribution in [0.4, 0.5) is 0 Å². The molecule has 0 saturated carbocycles. The number of phosphoric acid groups is 1. The van der Waals surface area contributed by atoms with Crippen LogP contribution < -0.4 is 0 Å². The maximum atomic E-state index is 12.7. The van der Waals surface area contributed by atoms with E-state index in [2.05, 4.69) is 52.0 Å².